The average Bonchev–Trinajstić information content (AvgIpc) is 2.38. The molecular weight excluding hydrogens is 230 g/mol. The second kappa shape index (κ2) is 5.35. The van der Waals surface area contributed by atoms with E-state index in [-0.39, 0.29) is 17.4 Å². The Morgan fingerprint density at radius 2 is 2.33 bits per heavy atom. The highest BCUT2D eigenvalue weighted by Gasteiger charge is 2.27. The molecule has 1 aromatic heterocycles. The highest BCUT2D eigenvalue weighted by molar-refractivity contribution is 5.94. The third kappa shape index (κ3) is 2.61. The van der Waals surface area contributed by atoms with Crippen molar-refractivity contribution in [1.82, 2.24) is 14.8 Å². The van der Waals surface area contributed by atoms with Crippen LogP contribution in [0.15, 0.2) is 18.3 Å². The van der Waals surface area contributed by atoms with E-state index in [0.29, 0.717) is 12.6 Å². The van der Waals surface area contributed by atoms with E-state index >= 15 is 0 Å². The molecule has 98 valence electrons. The molecule has 1 aliphatic heterocycles. The van der Waals surface area contributed by atoms with Crippen LogP contribution in [0.5, 0.6) is 5.75 Å². The zero-order valence-electron chi connectivity index (χ0n) is 10.8. The Kier molecular flexibility index (Phi) is 3.81. The van der Waals surface area contributed by atoms with E-state index in [9.17, 15) is 9.90 Å². The molecule has 1 amide bonds. The summed E-state index contributed by atoms with van der Waals surface area (Å²) in [7, 11) is 4.05. The van der Waals surface area contributed by atoms with Gasteiger partial charge in [0.05, 0.1) is 0 Å². The van der Waals surface area contributed by atoms with Crippen molar-refractivity contribution in [2.75, 3.05) is 27.2 Å². The standard InChI is InChI=1S/C13H19N3O2/c1-15(2)10-5-4-8-16(9-10)13(18)12-11(17)6-3-7-14-12/h3,6-7,10,17H,4-5,8-9H2,1-2H3. The minimum absolute atomic E-state index is 0.0468. The second-order valence-electron chi connectivity index (χ2n) is 4.88. The van der Waals surface area contributed by atoms with Crippen molar-refractivity contribution >= 4 is 5.91 Å². The van der Waals surface area contributed by atoms with Gasteiger partial charge in [0.25, 0.3) is 5.91 Å². The highest BCUT2D eigenvalue weighted by atomic mass is 16.3. The van der Waals surface area contributed by atoms with Gasteiger partial charge in [-0.1, -0.05) is 0 Å². The van der Waals surface area contributed by atoms with Crippen LogP contribution in [0.1, 0.15) is 23.3 Å². The van der Waals surface area contributed by atoms with Gasteiger partial charge in [0, 0.05) is 25.3 Å². The molecule has 1 aliphatic rings. The maximum atomic E-state index is 12.3. The SMILES string of the molecule is CN(C)C1CCCN(C(=O)c2ncccc2O)C1. The number of hydrogen-bond donors (Lipinski definition) is 1. The van der Waals surface area contributed by atoms with Crippen LogP contribution in [0.2, 0.25) is 0 Å². The fourth-order valence-electron chi connectivity index (χ4n) is 2.27. The lowest BCUT2D eigenvalue weighted by atomic mass is 10.0. The summed E-state index contributed by atoms with van der Waals surface area (Å²) in [5.41, 5.74) is 0.150. The molecule has 0 aliphatic carbocycles. The van der Waals surface area contributed by atoms with Crippen molar-refractivity contribution in [2.45, 2.75) is 18.9 Å². The largest absolute Gasteiger partial charge is 0.505 e. The fourth-order valence-corrected chi connectivity index (χ4v) is 2.27. The second-order valence-corrected chi connectivity index (χ2v) is 4.88. The van der Waals surface area contributed by atoms with Gasteiger partial charge in [-0.25, -0.2) is 4.98 Å². The summed E-state index contributed by atoms with van der Waals surface area (Å²) in [5, 5.41) is 9.67. The van der Waals surface area contributed by atoms with Crippen molar-refractivity contribution in [3.63, 3.8) is 0 Å². The number of aromatic nitrogens is 1. The van der Waals surface area contributed by atoms with Crippen molar-refractivity contribution in [3.8, 4) is 5.75 Å². The third-order valence-electron chi connectivity index (χ3n) is 3.40. The van der Waals surface area contributed by atoms with Crippen molar-refractivity contribution in [3.05, 3.63) is 24.0 Å². The van der Waals surface area contributed by atoms with Crippen molar-refractivity contribution in [1.29, 1.82) is 0 Å². The zero-order chi connectivity index (χ0) is 13.1. The summed E-state index contributed by atoms with van der Waals surface area (Å²) in [4.78, 5) is 20.2. The molecule has 1 saturated heterocycles. The summed E-state index contributed by atoms with van der Waals surface area (Å²) >= 11 is 0. The number of hydrogen-bond acceptors (Lipinski definition) is 4. The number of piperidine rings is 1. The van der Waals surface area contributed by atoms with Crippen LogP contribution >= 0.6 is 0 Å². The first kappa shape index (κ1) is 12.8. The molecule has 1 unspecified atom stereocenters. The number of carbonyl (C=O) groups is 1. The number of carbonyl (C=O) groups excluding carboxylic acids is 1. The van der Waals surface area contributed by atoms with Gasteiger partial charge in [-0.3, -0.25) is 4.79 Å². The Hall–Kier alpha value is -1.62. The number of nitrogens with zero attached hydrogens (tertiary/aromatic N) is 3. The lowest BCUT2D eigenvalue weighted by Gasteiger charge is -2.36. The quantitative estimate of drug-likeness (QED) is 0.848. The normalized spacial score (nSPS) is 20.2. The molecule has 1 aromatic rings. The highest BCUT2D eigenvalue weighted by Crippen LogP contribution is 2.19. The first-order valence-electron chi connectivity index (χ1n) is 6.19. The van der Waals surface area contributed by atoms with E-state index in [1.807, 2.05) is 14.1 Å². The van der Waals surface area contributed by atoms with Gasteiger partial charge in [-0.15, -0.1) is 0 Å². The van der Waals surface area contributed by atoms with Crippen molar-refractivity contribution in [2.24, 2.45) is 0 Å². The topological polar surface area (TPSA) is 56.7 Å². The molecule has 0 aromatic carbocycles. The Balaban J connectivity index is 2.12. The predicted octanol–water partition coefficient (Wildman–Crippen LogP) is 0.953. The fraction of sp³-hybridized carbons (Fsp3) is 0.538. The van der Waals surface area contributed by atoms with Crippen LogP contribution in [0, 0.1) is 0 Å². The molecular formula is C13H19N3O2. The summed E-state index contributed by atoms with van der Waals surface area (Å²) in [6.07, 6.45) is 3.62. The number of likely N-dealkylation sites (tertiary alicyclic amines) is 1. The van der Waals surface area contributed by atoms with E-state index < -0.39 is 0 Å². The van der Waals surface area contributed by atoms with Crippen LogP contribution < -0.4 is 0 Å². The molecule has 0 spiro atoms. The molecule has 2 rings (SSSR count). The smallest absolute Gasteiger partial charge is 0.276 e. The molecule has 1 N–H and O–H groups in total. The lowest BCUT2D eigenvalue weighted by Crippen LogP contribution is -2.47. The van der Waals surface area contributed by atoms with E-state index in [1.54, 1.807) is 11.0 Å². The maximum absolute atomic E-state index is 12.3. The van der Waals surface area contributed by atoms with Crippen LogP contribution in [-0.2, 0) is 0 Å². The number of rotatable bonds is 2. The number of amides is 1. The zero-order valence-corrected chi connectivity index (χ0v) is 10.8. The van der Waals surface area contributed by atoms with E-state index in [0.717, 1.165) is 19.4 Å². The van der Waals surface area contributed by atoms with Crippen LogP contribution in [-0.4, -0.2) is 59.0 Å². The molecule has 5 heteroatoms. The number of likely N-dealkylation sites (N-methyl/N-ethyl adjacent to an activating group) is 1. The first-order valence-corrected chi connectivity index (χ1v) is 6.19. The number of pyridine rings is 1. The van der Waals surface area contributed by atoms with Crippen LogP contribution in [0.25, 0.3) is 0 Å². The molecule has 0 bridgehead atoms. The molecule has 1 fully saturated rings. The Labute approximate surface area is 107 Å². The molecule has 0 radical (unpaired) electrons. The summed E-state index contributed by atoms with van der Waals surface area (Å²) < 4.78 is 0. The molecule has 5 nitrogen and oxygen atoms in total. The van der Waals surface area contributed by atoms with Crippen LogP contribution in [0.4, 0.5) is 0 Å². The van der Waals surface area contributed by atoms with E-state index in [4.69, 9.17) is 0 Å². The molecule has 1 atom stereocenters. The van der Waals surface area contributed by atoms with Crippen molar-refractivity contribution < 1.29 is 9.90 Å². The molecule has 18 heavy (non-hydrogen) atoms. The third-order valence-corrected chi connectivity index (χ3v) is 3.40. The van der Waals surface area contributed by atoms with Gasteiger partial charge in [-0.05, 0) is 39.1 Å². The van der Waals surface area contributed by atoms with Gasteiger partial charge >= 0.3 is 0 Å². The molecule has 0 saturated carbocycles. The summed E-state index contributed by atoms with van der Waals surface area (Å²) in [5.74, 6) is -0.228. The minimum Gasteiger partial charge on any atom is -0.505 e. The van der Waals surface area contributed by atoms with E-state index in [2.05, 4.69) is 9.88 Å². The Morgan fingerprint density at radius 3 is 3.00 bits per heavy atom. The lowest BCUT2D eigenvalue weighted by molar-refractivity contribution is 0.0626. The van der Waals surface area contributed by atoms with E-state index in [1.165, 1.54) is 12.3 Å². The monoisotopic (exact) mass is 249 g/mol. The van der Waals surface area contributed by atoms with Gasteiger partial charge in [-0.2, -0.15) is 0 Å². The Morgan fingerprint density at radius 1 is 1.56 bits per heavy atom. The minimum atomic E-state index is -0.181. The number of aromatic hydroxyl groups is 1. The van der Waals surface area contributed by atoms with Gasteiger partial charge in [0.15, 0.2) is 5.69 Å². The maximum Gasteiger partial charge on any atom is 0.276 e. The van der Waals surface area contributed by atoms with Gasteiger partial charge in [0.2, 0.25) is 0 Å². The first-order chi connectivity index (χ1) is 8.59. The average molecular weight is 249 g/mol. The summed E-state index contributed by atoms with van der Waals surface area (Å²) in [6.45, 7) is 1.43. The van der Waals surface area contributed by atoms with Gasteiger partial charge < -0.3 is 14.9 Å². The molecule has 2 heterocycles. The Bertz CT molecular complexity index is 434. The van der Waals surface area contributed by atoms with Crippen LogP contribution in [0.3, 0.4) is 0 Å². The van der Waals surface area contributed by atoms with Gasteiger partial charge in [0.1, 0.15) is 5.75 Å². The summed E-state index contributed by atoms with van der Waals surface area (Å²) in [6, 6.07) is 3.49. The predicted molar refractivity (Wildman–Crippen MR) is 68.5 cm³/mol.